The quantitative estimate of drug-likeness (QED) is 0.708. The minimum atomic E-state index is 0.113. The van der Waals surface area contributed by atoms with Crippen molar-refractivity contribution in [3.05, 3.63) is 46.2 Å². The van der Waals surface area contributed by atoms with Gasteiger partial charge in [-0.1, -0.05) is 12.1 Å². The number of hydrogen-bond acceptors (Lipinski definition) is 6. The van der Waals surface area contributed by atoms with E-state index in [1.165, 1.54) is 0 Å². The number of morpholine rings is 1. The highest BCUT2D eigenvalue weighted by molar-refractivity contribution is 7.09. The normalized spacial score (nSPS) is 19.1. The summed E-state index contributed by atoms with van der Waals surface area (Å²) in [4.78, 5) is 11.6. The van der Waals surface area contributed by atoms with Crippen LogP contribution in [0.5, 0.6) is 0 Å². The molecule has 3 aromatic rings. The van der Waals surface area contributed by atoms with Gasteiger partial charge in [0.1, 0.15) is 16.6 Å². The summed E-state index contributed by atoms with van der Waals surface area (Å²) >= 11 is 1.69. The Morgan fingerprint density at radius 3 is 3.04 bits per heavy atom. The lowest BCUT2D eigenvalue weighted by Gasteiger charge is -2.31. The molecule has 1 saturated heterocycles. The zero-order chi connectivity index (χ0) is 16.4. The van der Waals surface area contributed by atoms with Crippen LogP contribution in [0.1, 0.15) is 29.1 Å². The average molecular weight is 343 g/mol. The van der Waals surface area contributed by atoms with Crippen LogP contribution in [-0.2, 0) is 11.2 Å². The number of rotatable bonds is 5. The van der Waals surface area contributed by atoms with Crippen LogP contribution < -0.4 is 0 Å². The molecule has 6 heteroatoms. The number of oxazole rings is 1. The number of aromatic nitrogens is 2. The molecule has 0 saturated carbocycles. The minimum Gasteiger partial charge on any atom is -0.441 e. The van der Waals surface area contributed by atoms with Gasteiger partial charge in [0.25, 0.3) is 0 Å². The van der Waals surface area contributed by atoms with Gasteiger partial charge < -0.3 is 9.15 Å². The molecular formula is C18H21N3O2S. The molecule has 2 aromatic heterocycles. The van der Waals surface area contributed by atoms with E-state index in [1.807, 2.05) is 31.2 Å². The first-order valence-electron chi connectivity index (χ1n) is 8.38. The maximum atomic E-state index is 5.89. The number of benzene rings is 1. The third-order valence-corrected chi connectivity index (χ3v) is 5.32. The van der Waals surface area contributed by atoms with E-state index in [1.54, 1.807) is 11.3 Å². The fourth-order valence-electron chi connectivity index (χ4n) is 3.06. The molecule has 5 nitrogen and oxygen atoms in total. The fraction of sp³-hybridized carbons (Fsp3) is 0.444. The monoisotopic (exact) mass is 343 g/mol. The van der Waals surface area contributed by atoms with E-state index in [2.05, 4.69) is 20.2 Å². The molecule has 0 radical (unpaired) electrons. The summed E-state index contributed by atoms with van der Waals surface area (Å²) in [7, 11) is 0. The number of ether oxygens (including phenoxy) is 1. The number of fused-ring (bicyclic) bond motifs is 1. The van der Waals surface area contributed by atoms with Gasteiger partial charge in [-0.3, -0.25) is 4.90 Å². The second-order valence-electron chi connectivity index (χ2n) is 6.17. The van der Waals surface area contributed by atoms with Crippen LogP contribution >= 0.6 is 11.3 Å². The van der Waals surface area contributed by atoms with E-state index >= 15 is 0 Å². The van der Waals surface area contributed by atoms with Gasteiger partial charge >= 0.3 is 0 Å². The first-order chi connectivity index (χ1) is 11.8. The number of nitrogens with zero attached hydrogens (tertiary/aromatic N) is 3. The Bertz CT molecular complexity index is 780. The van der Waals surface area contributed by atoms with E-state index in [4.69, 9.17) is 9.15 Å². The molecule has 1 aliphatic rings. The molecule has 1 fully saturated rings. The highest BCUT2D eigenvalue weighted by Crippen LogP contribution is 2.25. The molecule has 24 heavy (non-hydrogen) atoms. The maximum absolute atomic E-state index is 5.89. The van der Waals surface area contributed by atoms with Gasteiger partial charge in [-0.25, -0.2) is 9.97 Å². The van der Waals surface area contributed by atoms with Crippen LogP contribution in [0.15, 0.2) is 34.1 Å². The van der Waals surface area contributed by atoms with E-state index in [0.29, 0.717) is 0 Å². The molecule has 0 bridgehead atoms. The third kappa shape index (κ3) is 3.50. The first-order valence-corrected chi connectivity index (χ1v) is 9.26. The summed E-state index contributed by atoms with van der Waals surface area (Å²) in [6.07, 6.45) is 2.02. The second kappa shape index (κ2) is 7.01. The Labute approximate surface area is 145 Å². The number of hydrogen-bond donors (Lipinski definition) is 0. The molecule has 0 N–H and O–H groups in total. The molecular weight excluding hydrogens is 322 g/mol. The van der Waals surface area contributed by atoms with Gasteiger partial charge in [0.2, 0.25) is 0 Å². The van der Waals surface area contributed by atoms with Crippen molar-refractivity contribution >= 4 is 22.4 Å². The Morgan fingerprint density at radius 1 is 1.29 bits per heavy atom. The smallest absolute Gasteiger partial charge is 0.195 e. The summed E-state index contributed by atoms with van der Waals surface area (Å²) < 4.78 is 11.7. The van der Waals surface area contributed by atoms with Crippen LogP contribution in [0.3, 0.4) is 0 Å². The van der Waals surface area contributed by atoms with Gasteiger partial charge in [-0.2, -0.15) is 0 Å². The zero-order valence-electron chi connectivity index (χ0n) is 13.8. The van der Waals surface area contributed by atoms with Crippen LogP contribution in [0.2, 0.25) is 0 Å². The van der Waals surface area contributed by atoms with Crippen LogP contribution in [-0.4, -0.2) is 41.1 Å². The third-order valence-electron chi connectivity index (χ3n) is 4.27. The van der Waals surface area contributed by atoms with Crippen molar-refractivity contribution in [2.24, 2.45) is 0 Å². The van der Waals surface area contributed by atoms with Gasteiger partial charge in [0.15, 0.2) is 11.5 Å². The Kier molecular flexibility index (Phi) is 4.60. The van der Waals surface area contributed by atoms with Gasteiger partial charge in [-0.15, -0.1) is 11.3 Å². The molecule has 4 rings (SSSR count). The summed E-state index contributed by atoms with van der Waals surface area (Å²) in [6, 6.07) is 7.92. The van der Waals surface area contributed by atoms with Crippen molar-refractivity contribution in [3.63, 3.8) is 0 Å². The number of thiazole rings is 1. The van der Waals surface area contributed by atoms with Crippen molar-refractivity contribution in [1.29, 1.82) is 0 Å². The second-order valence-corrected chi connectivity index (χ2v) is 7.06. The van der Waals surface area contributed by atoms with Crippen molar-refractivity contribution < 1.29 is 9.15 Å². The summed E-state index contributed by atoms with van der Waals surface area (Å²) in [5, 5.41) is 3.18. The van der Waals surface area contributed by atoms with E-state index in [9.17, 15) is 0 Å². The molecule has 3 heterocycles. The van der Waals surface area contributed by atoms with Gasteiger partial charge in [0, 0.05) is 30.6 Å². The number of aryl methyl sites for hydroxylation is 2. The molecule has 1 aromatic carbocycles. The highest BCUT2D eigenvalue weighted by atomic mass is 32.1. The van der Waals surface area contributed by atoms with Crippen molar-refractivity contribution in [1.82, 2.24) is 14.9 Å². The first kappa shape index (κ1) is 15.7. The maximum Gasteiger partial charge on any atom is 0.195 e. The predicted molar refractivity (Wildman–Crippen MR) is 94.3 cm³/mol. The van der Waals surface area contributed by atoms with Crippen molar-refractivity contribution in [3.8, 4) is 0 Å². The Morgan fingerprint density at radius 2 is 2.21 bits per heavy atom. The number of para-hydroxylation sites is 2. The molecule has 0 amide bonds. The van der Waals surface area contributed by atoms with Crippen LogP contribution in [0.25, 0.3) is 11.1 Å². The van der Waals surface area contributed by atoms with Crippen LogP contribution in [0, 0.1) is 6.92 Å². The topological polar surface area (TPSA) is 51.4 Å². The lowest BCUT2D eigenvalue weighted by Crippen LogP contribution is -2.39. The summed E-state index contributed by atoms with van der Waals surface area (Å²) in [6.45, 7) is 5.73. The molecule has 1 atom stereocenters. The van der Waals surface area contributed by atoms with Crippen molar-refractivity contribution in [2.45, 2.75) is 25.9 Å². The van der Waals surface area contributed by atoms with E-state index < -0.39 is 0 Å². The largest absolute Gasteiger partial charge is 0.441 e. The van der Waals surface area contributed by atoms with Crippen LogP contribution in [0.4, 0.5) is 0 Å². The lowest BCUT2D eigenvalue weighted by molar-refractivity contribution is -0.0303. The SMILES string of the molecule is Cc1csc(C2CN(CCCc3nc4ccccc4o3)CCO2)n1. The molecule has 0 spiro atoms. The highest BCUT2D eigenvalue weighted by Gasteiger charge is 2.24. The average Bonchev–Trinajstić information content (AvgIpc) is 3.21. The summed E-state index contributed by atoms with van der Waals surface area (Å²) in [5.74, 6) is 0.830. The Hall–Kier alpha value is -1.76. The van der Waals surface area contributed by atoms with E-state index in [0.717, 1.165) is 66.8 Å². The zero-order valence-corrected chi connectivity index (χ0v) is 14.6. The molecule has 1 unspecified atom stereocenters. The molecule has 126 valence electrons. The van der Waals surface area contributed by atoms with Gasteiger partial charge in [0.05, 0.1) is 6.61 Å². The van der Waals surface area contributed by atoms with Crippen molar-refractivity contribution in [2.75, 3.05) is 26.2 Å². The van der Waals surface area contributed by atoms with Gasteiger partial charge in [-0.05, 0) is 32.0 Å². The standard InChI is InChI=1S/C18H21N3O2S/c1-13-12-24-18(19-13)16-11-21(9-10-22-16)8-4-7-17-20-14-5-2-3-6-15(14)23-17/h2-3,5-6,12,16H,4,7-11H2,1H3. The molecule has 0 aliphatic carbocycles. The minimum absolute atomic E-state index is 0.113. The van der Waals surface area contributed by atoms with E-state index in [-0.39, 0.29) is 6.10 Å². The predicted octanol–water partition coefficient (Wildman–Crippen LogP) is 3.60. The fourth-order valence-corrected chi connectivity index (χ4v) is 3.89. The Balaban J connectivity index is 1.30. The summed E-state index contributed by atoms with van der Waals surface area (Å²) in [5.41, 5.74) is 2.89. The molecule has 1 aliphatic heterocycles. The lowest BCUT2D eigenvalue weighted by atomic mass is 10.2.